The second kappa shape index (κ2) is 7.79. The number of hydrogen-bond donors (Lipinski definition) is 1. The van der Waals surface area contributed by atoms with Crippen LogP contribution >= 0.6 is 12.4 Å². The van der Waals surface area contributed by atoms with Gasteiger partial charge in [0.25, 0.3) is 0 Å². The first kappa shape index (κ1) is 13.4. The summed E-state index contributed by atoms with van der Waals surface area (Å²) in [5.74, 6) is 0. The van der Waals surface area contributed by atoms with Crippen LogP contribution in [0.1, 0.15) is 12.0 Å². The zero-order valence-electron chi connectivity index (χ0n) is 8.69. The molecule has 0 bridgehead atoms. The van der Waals surface area contributed by atoms with Gasteiger partial charge in [-0.1, -0.05) is 0 Å². The molecule has 0 fully saturated rings. The van der Waals surface area contributed by atoms with Crippen LogP contribution < -0.4 is 5.32 Å². The summed E-state index contributed by atoms with van der Waals surface area (Å²) in [4.78, 5) is 0. The Morgan fingerprint density at radius 2 is 2.36 bits per heavy atom. The molecule has 14 heavy (non-hydrogen) atoms. The maximum Gasteiger partial charge on any atom is 0.0534 e. The Morgan fingerprint density at radius 1 is 1.57 bits per heavy atom. The fraction of sp³-hybridized carbons (Fsp3) is 0.667. The van der Waals surface area contributed by atoms with Gasteiger partial charge in [-0.25, -0.2) is 0 Å². The van der Waals surface area contributed by atoms with Gasteiger partial charge in [0.15, 0.2) is 0 Å². The number of nitrogens with one attached hydrogen (secondary N) is 1. The van der Waals surface area contributed by atoms with Gasteiger partial charge < -0.3 is 10.1 Å². The average molecular weight is 220 g/mol. The lowest BCUT2D eigenvalue weighted by Gasteiger charge is -2.01. The van der Waals surface area contributed by atoms with Crippen LogP contribution in [-0.4, -0.2) is 30.0 Å². The molecule has 4 nitrogen and oxygen atoms in total. The summed E-state index contributed by atoms with van der Waals surface area (Å²) < 4.78 is 6.75. The van der Waals surface area contributed by atoms with Crippen LogP contribution in [0.5, 0.6) is 0 Å². The maximum atomic E-state index is 4.94. The van der Waals surface area contributed by atoms with E-state index in [0.29, 0.717) is 0 Å². The lowest BCUT2D eigenvalue weighted by atomic mass is 10.3. The largest absolute Gasteiger partial charge is 0.385 e. The molecule has 0 radical (unpaired) electrons. The number of aromatic nitrogens is 2. The summed E-state index contributed by atoms with van der Waals surface area (Å²) in [7, 11) is 3.65. The van der Waals surface area contributed by atoms with E-state index in [4.69, 9.17) is 4.74 Å². The van der Waals surface area contributed by atoms with E-state index in [9.17, 15) is 0 Å². The maximum absolute atomic E-state index is 4.94. The highest BCUT2D eigenvalue weighted by Gasteiger charge is 1.94. The molecule has 0 aliphatic carbocycles. The second-order valence-corrected chi connectivity index (χ2v) is 3.05. The van der Waals surface area contributed by atoms with Crippen molar-refractivity contribution in [2.75, 3.05) is 20.3 Å². The lowest BCUT2D eigenvalue weighted by molar-refractivity contribution is 0.194. The number of ether oxygens (including phenoxy) is 1. The molecule has 1 aromatic rings. The van der Waals surface area contributed by atoms with Crippen molar-refractivity contribution >= 4 is 12.4 Å². The smallest absolute Gasteiger partial charge is 0.0534 e. The topological polar surface area (TPSA) is 39.1 Å². The molecule has 1 heterocycles. The molecule has 0 aliphatic heterocycles. The van der Waals surface area contributed by atoms with Crippen molar-refractivity contribution in [3.05, 3.63) is 18.0 Å². The second-order valence-electron chi connectivity index (χ2n) is 3.05. The van der Waals surface area contributed by atoms with E-state index in [1.165, 1.54) is 5.56 Å². The van der Waals surface area contributed by atoms with Crippen molar-refractivity contribution in [3.63, 3.8) is 0 Å². The minimum Gasteiger partial charge on any atom is -0.385 e. The van der Waals surface area contributed by atoms with E-state index in [2.05, 4.69) is 10.4 Å². The standard InChI is InChI=1S/C9H17N3O.ClH/c1-12-8-9(7-11-12)6-10-4-3-5-13-2;/h7-8,10H,3-6H2,1-2H3;1H. The summed E-state index contributed by atoms with van der Waals surface area (Å²) in [5.41, 5.74) is 1.22. The molecule has 0 aromatic carbocycles. The van der Waals surface area contributed by atoms with Crippen molar-refractivity contribution in [3.8, 4) is 0 Å². The van der Waals surface area contributed by atoms with Crippen molar-refractivity contribution in [1.29, 1.82) is 0 Å². The molecule has 0 saturated heterocycles. The third-order valence-electron chi connectivity index (χ3n) is 1.79. The lowest BCUT2D eigenvalue weighted by Crippen LogP contribution is -2.15. The van der Waals surface area contributed by atoms with Crippen LogP contribution in [0.4, 0.5) is 0 Å². The number of rotatable bonds is 6. The number of hydrogen-bond acceptors (Lipinski definition) is 3. The normalized spacial score (nSPS) is 9.86. The zero-order valence-corrected chi connectivity index (χ0v) is 9.51. The molecule has 1 rings (SSSR count). The van der Waals surface area contributed by atoms with Gasteiger partial charge >= 0.3 is 0 Å². The van der Waals surface area contributed by atoms with Gasteiger partial charge in [0.1, 0.15) is 0 Å². The Morgan fingerprint density at radius 3 is 2.93 bits per heavy atom. The highest BCUT2D eigenvalue weighted by Crippen LogP contribution is 1.94. The van der Waals surface area contributed by atoms with E-state index in [-0.39, 0.29) is 12.4 Å². The molecule has 0 spiro atoms. The van der Waals surface area contributed by atoms with E-state index in [0.717, 1.165) is 26.1 Å². The summed E-state index contributed by atoms with van der Waals surface area (Å²) >= 11 is 0. The van der Waals surface area contributed by atoms with Gasteiger partial charge in [0.2, 0.25) is 0 Å². The van der Waals surface area contributed by atoms with E-state index < -0.39 is 0 Å². The fourth-order valence-electron chi connectivity index (χ4n) is 1.14. The van der Waals surface area contributed by atoms with E-state index >= 15 is 0 Å². The fourth-order valence-corrected chi connectivity index (χ4v) is 1.14. The number of nitrogens with zero attached hydrogens (tertiary/aromatic N) is 2. The SMILES string of the molecule is COCCCNCc1cnn(C)c1.Cl. The first-order valence-corrected chi connectivity index (χ1v) is 4.50. The number of methoxy groups -OCH3 is 1. The monoisotopic (exact) mass is 219 g/mol. The van der Waals surface area contributed by atoms with Crippen molar-refractivity contribution in [2.45, 2.75) is 13.0 Å². The molecule has 0 saturated carbocycles. The van der Waals surface area contributed by atoms with E-state index in [1.54, 1.807) is 7.11 Å². The molecule has 0 atom stereocenters. The van der Waals surface area contributed by atoms with Crippen LogP contribution in [0, 0.1) is 0 Å². The first-order valence-electron chi connectivity index (χ1n) is 4.50. The minimum absolute atomic E-state index is 0. The highest BCUT2D eigenvalue weighted by molar-refractivity contribution is 5.85. The van der Waals surface area contributed by atoms with Crippen molar-refractivity contribution in [1.82, 2.24) is 15.1 Å². The molecule has 5 heteroatoms. The quantitative estimate of drug-likeness (QED) is 0.725. The van der Waals surface area contributed by atoms with Crippen LogP contribution in [0.25, 0.3) is 0 Å². The Hall–Kier alpha value is -0.580. The first-order chi connectivity index (χ1) is 6.33. The Labute approximate surface area is 91.0 Å². The van der Waals surface area contributed by atoms with Gasteiger partial charge in [0.05, 0.1) is 6.20 Å². The molecule has 82 valence electrons. The molecule has 0 unspecified atom stereocenters. The third-order valence-corrected chi connectivity index (χ3v) is 1.79. The predicted octanol–water partition coefficient (Wildman–Crippen LogP) is 0.968. The molecular formula is C9H18ClN3O. The van der Waals surface area contributed by atoms with Gasteiger partial charge in [-0.3, -0.25) is 4.68 Å². The predicted molar refractivity (Wildman–Crippen MR) is 58.7 cm³/mol. The molecule has 0 aliphatic rings. The number of aryl methyl sites for hydroxylation is 1. The molecule has 1 aromatic heterocycles. The summed E-state index contributed by atoms with van der Waals surface area (Å²) in [6, 6.07) is 0. The molecule has 0 amide bonds. The van der Waals surface area contributed by atoms with Crippen LogP contribution in [0.15, 0.2) is 12.4 Å². The van der Waals surface area contributed by atoms with Gasteiger partial charge in [0, 0.05) is 39.1 Å². The van der Waals surface area contributed by atoms with E-state index in [1.807, 2.05) is 24.1 Å². The Kier molecular flexibility index (Phi) is 7.47. The van der Waals surface area contributed by atoms with Gasteiger partial charge in [-0.15, -0.1) is 12.4 Å². The Balaban J connectivity index is 0.00000169. The van der Waals surface area contributed by atoms with Gasteiger partial charge in [-0.2, -0.15) is 5.10 Å². The third kappa shape index (κ3) is 5.21. The zero-order chi connectivity index (χ0) is 9.52. The van der Waals surface area contributed by atoms with Crippen LogP contribution in [-0.2, 0) is 18.3 Å². The number of halogens is 1. The average Bonchev–Trinajstić information content (AvgIpc) is 2.51. The van der Waals surface area contributed by atoms with Crippen molar-refractivity contribution < 1.29 is 4.74 Å². The van der Waals surface area contributed by atoms with Crippen LogP contribution in [0.2, 0.25) is 0 Å². The van der Waals surface area contributed by atoms with Crippen molar-refractivity contribution in [2.24, 2.45) is 7.05 Å². The Bertz CT molecular complexity index is 240. The summed E-state index contributed by atoms with van der Waals surface area (Å²) in [5, 5.41) is 7.40. The molecule has 1 N–H and O–H groups in total. The van der Waals surface area contributed by atoms with Gasteiger partial charge in [-0.05, 0) is 13.0 Å². The highest BCUT2D eigenvalue weighted by atomic mass is 35.5. The molecular weight excluding hydrogens is 202 g/mol. The van der Waals surface area contributed by atoms with Crippen LogP contribution in [0.3, 0.4) is 0 Å². The minimum atomic E-state index is 0. The summed E-state index contributed by atoms with van der Waals surface area (Å²) in [6.45, 7) is 2.69. The summed E-state index contributed by atoms with van der Waals surface area (Å²) in [6.07, 6.45) is 4.95.